The molecule has 2 aromatic rings. The van der Waals surface area contributed by atoms with Crippen LogP contribution in [0.2, 0.25) is 4.34 Å². The lowest BCUT2D eigenvalue weighted by molar-refractivity contribution is 0.774. The lowest BCUT2D eigenvalue weighted by Gasteiger charge is -2.13. The van der Waals surface area contributed by atoms with E-state index in [0.717, 1.165) is 26.4 Å². The molecule has 2 heterocycles. The van der Waals surface area contributed by atoms with Crippen molar-refractivity contribution in [2.45, 2.75) is 33.2 Å². The van der Waals surface area contributed by atoms with Gasteiger partial charge in [0.2, 0.25) is 0 Å². The van der Waals surface area contributed by atoms with Crippen LogP contribution in [0, 0.1) is 6.92 Å². The Morgan fingerprint density at radius 2 is 2.11 bits per heavy atom. The molecule has 6 heteroatoms. The maximum atomic E-state index is 5.92. The average Bonchev–Trinajstić information content (AvgIpc) is 2.76. The number of thiophene rings is 1. The summed E-state index contributed by atoms with van der Waals surface area (Å²) >= 11 is 7.47. The maximum Gasteiger partial charge on any atom is 0.135 e. The minimum atomic E-state index is 0.250. The first-order valence-corrected chi connectivity index (χ1v) is 7.29. The first-order valence-electron chi connectivity index (χ1n) is 6.09. The van der Waals surface area contributed by atoms with Gasteiger partial charge in [-0.3, -0.25) is 0 Å². The zero-order valence-electron chi connectivity index (χ0n) is 11.2. The molecule has 0 aliphatic carbocycles. The van der Waals surface area contributed by atoms with Crippen LogP contribution in [0.4, 0.5) is 11.6 Å². The van der Waals surface area contributed by atoms with Crippen LogP contribution in [0.1, 0.15) is 36.0 Å². The maximum absolute atomic E-state index is 5.92. The number of rotatable bonds is 4. The number of nitrogens with one attached hydrogen (secondary N) is 1. The van der Waals surface area contributed by atoms with Crippen LogP contribution >= 0.6 is 22.9 Å². The Morgan fingerprint density at radius 3 is 2.68 bits per heavy atom. The van der Waals surface area contributed by atoms with E-state index in [0.29, 0.717) is 12.4 Å². The molecule has 3 N–H and O–H groups in total. The van der Waals surface area contributed by atoms with Gasteiger partial charge in [0, 0.05) is 16.4 Å². The van der Waals surface area contributed by atoms with Crippen LogP contribution in [0.3, 0.4) is 0 Å². The molecule has 4 nitrogen and oxygen atoms in total. The second kappa shape index (κ2) is 5.75. The molecule has 2 aromatic heterocycles. The van der Waals surface area contributed by atoms with Gasteiger partial charge in [0.25, 0.3) is 0 Å². The molecule has 0 aliphatic rings. The number of nitrogen functional groups attached to an aromatic ring is 1. The first kappa shape index (κ1) is 14.1. The van der Waals surface area contributed by atoms with Crippen molar-refractivity contribution in [1.29, 1.82) is 0 Å². The molecular weight excluding hydrogens is 280 g/mol. The van der Waals surface area contributed by atoms with E-state index >= 15 is 0 Å². The Labute approximate surface area is 122 Å². The highest BCUT2D eigenvalue weighted by Gasteiger charge is 2.11. The SMILES string of the molecule is Cc1c(N)nc(C(C)C)nc1NCc1ccc(Cl)s1. The Hall–Kier alpha value is -1.33. The third kappa shape index (κ3) is 3.36. The van der Waals surface area contributed by atoms with Crippen molar-refractivity contribution in [2.75, 3.05) is 11.1 Å². The van der Waals surface area contributed by atoms with Crippen molar-refractivity contribution in [3.05, 3.63) is 32.7 Å². The second-order valence-electron chi connectivity index (χ2n) is 4.65. The summed E-state index contributed by atoms with van der Waals surface area (Å²) in [6.45, 7) is 6.70. The lowest BCUT2D eigenvalue weighted by atomic mass is 10.2. The monoisotopic (exact) mass is 296 g/mol. The number of aromatic nitrogens is 2. The largest absolute Gasteiger partial charge is 0.383 e. The topological polar surface area (TPSA) is 63.8 Å². The van der Waals surface area contributed by atoms with E-state index in [1.807, 2.05) is 32.9 Å². The summed E-state index contributed by atoms with van der Waals surface area (Å²) in [6.07, 6.45) is 0. The van der Waals surface area contributed by atoms with Crippen LogP contribution in [-0.4, -0.2) is 9.97 Å². The van der Waals surface area contributed by atoms with Gasteiger partial charge >= 0.3 is 0 Å². The van der Waals surface area contributed by atoms with Crippen LogP contribution in [0.5, 0.6) is 0 Å². The molecule has 0 radical (unpaired) electrons. The van der Waals surface area contributed by atoms with Crippen molar-refractivity contribution in [3.8, 4) is 0 Å². The van der Waals surface area contributed by atoms with Crippen molar-refractivity contribution in [3.63, 3.8) is 0 Å². The predicted octanol–water partition coefficient (Wildman–Crippen LogP) is 3.82. The highest BCUT2D eigenvalue weighted by atomic mass is 35.5. The van der Waals surface area contributed by atoms with Crippen LogP contribution in [-0.2, 0) is 6.54 Å². The summed E-state index contributed by atoms with van der Waals surface area (Å²) in [4.78, 5) is 9.98. The van der Waals surface area contributed by atoms with Crippen molar-refractivity contribution in [1.82, 2.24) is 9.97 Å². The van der Waals surface area contributed by atoms with E-state index in [1.165, 1.54) is 0 Å². The fourth-order valence-electron chi connectivity index (χ4n) is 1.60. The molecule has 2 rings (SSSR count). The summed E-state index contributed by atoms with van der Waals surface area (Å²) in [5.41, 5.74) is 6.80. The second-order valence-corrected chi connectivity index (χ2v) is 6.45. The van der Waals surface area contributed by atoms with E-state index in [4.69, 9.17) is 17.3 Å². The van der Waals surface area contributed by atoms with Gasteiger partial charge in [-0.2, -0.15) is 0 Å². The van der Waals surface area contributed by atoms with E-state index < -0.39 is 0 Å². The Bertz CT molecular complexity index is 580. The lowest BCUT2D eigenvalue weighted by Crippen LogP contribution is -2.10. The fraction of sp³-hybridized carbons (Fsp3) is 0.385. The summed E-state index contributed by atoms with van der Waals surface area (Å²) in [5, 5.41) is 3.30. The molecule has 0 amide bonds. The third-order valence-corrected chi connectivity index (χ3v) is 4.01. The van der Waals surface area contributed by atoms with Gasteiger partial charge < -0.3 is 11.1 Å². The zero-order chi connectivity index (χ0) is 14.0. The Kier molecular flexibility index (Phi) is 4.27. The molecule has 0 saturated carbocycles. The Balaban J connectivity index is 2.19. The minimum Gasteiger partial charge on any atom is -0.383 e. The molecule has 0 aliphatic heterocycles. The quantitative estimate of drug-likeness (QED) is 0.900. The van der Waals surface area contributed by atoms with E-state index in [9.17, 15) is 0 Å². The number of anilines is 2. The van der Waals surface area contributed by atoms with Crippen LogP contribution in [0.15, 0.2) is 12.1 Å². The van der Waals surface area contributed by atoms with Gasteiger partial charge in [-0.1, -0.05) is 25.4 Å². The first-order chi connectivity index (χ1) is 8.97. The molecule has 0 spiro atoms. The average molecular weight is 297 g/mol. The standard InChI is InChI=1S/C13H17ClN4S/c1-7(2)12-17-11(15)8(3)13(18-12)16-6-9-4-5-10(14)19-9/h4-5,7H,6H2,1-3H3,(H3,15,16,17,18). The van der Waals surface area contributed by atoms with Gasteiger partial charge in [-0.05, 0) is 19.1 Å². The van der Waals surface area contributed by atoms with E-state index in [1.54, 1.807) is 11.3 Å². The summed E-state index contributed by atoms with van der Waals surface area (Å²) in [5.74, 6) is 2.33. The zero-order valence-corrected chi connectivity index (χ0v) is 12.8. The minimum absolute atomic E-state index is 0.250. The molecule has 0 aromatic carbocycles. The van der Waals surface area contributed by atoms with Crippen molar-refractivity contribution < 1.29 is 0 Å². The summed E-state index contributed by atoms with van der Waals surface area (Å²) in [7, 11) is 0. The van der Waals surface area contributed by atoms with Crippen LogP contribution < -0.4 is 11.1 Å². The number of hydrogen-bond donors (Lipinski definition) is 2. The molecule has 0 fully saturated rings. The summed E-state index contributed by atoms with van der Waals surface area (Å²) < 4.78 is 0.790. The number of nitrogens with zero attached hydrogens (tertiary/aromatic N) is 2. The molecule has 0 unspecified atom stereocenters. The molecule has 0 bridgehead atoms. The summed E-state index contributed by atoms with van der Waals surface area (Å²) in [6, 6.07) is 3.90. The smallest absolute Gasteiger partial charge is 0.135 e. The number of hydrogen-bond acceptors (Lipinski definition) is 5. The molecule has 0 atom stereocenters. The van der Waals surface area contributed by atoms with Crippen molar-refractivity contribution in [2.24, 2.45) is 0 Å². The molecular formula is C13H17ClN4S. The molecule has 102 valence electrons. The van der Waals surface area contributed by atoms with Gasteiger partial charge in [-0.25, -0.2) is 9.97 Å². The van der Waals surface area contributed by atoms with Gasteiger partial charge in [0.05, 0.1) is 10.9 Å². The van der Waals surface area contributed by atoms with Gasteiger partial charge in [-0.15, -0.1) is 11.3 Å². The number of nitrogens with two attached hydrogens (primary N) is 1. The fourth-order valence-corrected chi connectivity index (χ4v) is 2.63. The Morgan fingerprint density at radius 1 is 1.37 bits per heavy atom. The highest BCUT2D eigenvalue weighted by Crippen LogP contribution is 2.24. The van der Waals surface area contributed by atoms with Crippen molar-refractivity contribution >= 4 is 34.6 Å². The normalized spacial score (nSPS) is 11.0. The predicted molar refractivity (Wildman–Crippen MR) is 81.9 cm³/mol. The third-order valence-electron chi connectivity index (χ3n) is 2.78. The molecule has 19 heavy (non-hydrogen) atoms. The van der Waals surface area contributed by atoms with Gasteiger partial charge in [0.15, 0.2) is 0 Å². The van der Waals surface area contributed by atoms with E-state index in [2.05, 4.69) is 15.3 Å². The van der Waals surface area contributed by atoms with Crippen LogP contribution in [0.25, 0.3) is 0 Å². The molecule has 0 saturated heterocycles. The number of halogens is 1. The highest BCUT2D eigenvalue weighted by molar-refractivity contribution is 7.16. The van der Waals surface area contributed by atoms with E-state index in [-0.39, 0.29) is 5.92 Å². The van der Waals surface area contributed by atoms with Gasteiger partial charge in [0.1, 0.15) is 17.5 Å².